The maximum atomic E-state index is 12.6. The highest BCUT2D eigenvalue weighted by Gasteiger charge is 2.14. The van der Waals surface area contributed by atoms with E-state index in [1.165, 1.54) is 5.56 Å². The minimum atomic E-state index is -3.59. The molecule has 0 bridgehead atoms. The van der Waals surface area contributed by atoms with Gasteiger partial charge in [0.2, 0.25) is 0 Å². The average molecular weight is 395 g/mol. The van der Waals surface area contributed by atoms with Crippen LogP contribution in [-0.2, 0) is 23.1 Å². The number of sulfonamides is 1. The maximum Gasteiger partial charge on any atom is 0.261 e. The van der Waals surface area contributed by atoms with E-state index in [1.54, 1.807) is 30.3 Å². The van der Waals surface area contributed by atoms with Crippen molar-refractivity contribution in [1.82, 2.24) is 4.90 Å². The van der Waals surface area contributed by atoms with E-state index in [-0.39, 0.29) is 4.90 Å². The van der Waals surface area contributed by atoms with E-state index < -0.39 is 10.0 Å². The van der Waals surface area contributed by atoms with E-state index in [1.807, 2.05) is 43.3 Å². The van der Waals surface area contributed by atoms with Crippen LogP contribution in [0.5, 0.6) is 0 Å². The molecule has 0 atom stereocenters. The Labute approximate surface area is 167 Å². The lowest BCUT2D eigenvalue weighted by molar-refractivity contribution is 0.271. The molecule has 0 spiro atoms. The minimum absolute atomic E-state index is 0.266. The Morgan fingerprint density at radius 1 is 0.821 bits per heavy atom. The largest absolute Gasteiger partial charge is 0.295 e. The van der Waals surface area contributed by atoms with Crippen LogP contribution < -0.4 is 4.72 Å². The van der Waals surface area contributed by atoms with Crippen LogP contribution in [-0.4, -0.2) is 19.9 Å². The molecule has 0 fully saturated rings. The number of nitrogens with zero attached hydrogens (tertiary/aromatic N) is 1. The van der Waals surface area contributed by atoms with E-state index in [2.05, 4.69) is 28.7 Å². The van der Waals surface area contributed by atoms with Crippen LogP contribution in [0, 0.1) is 6.92 Å². The summed E-state index contributed by atoms with van der Waals surface area (Å²) >= 11 is 0. The molecule has 1 N–H and O–H groups in total. The Hall–Kier alpha value is -2.63. The Morgan fingerprint density at radius 2 is 1.46 bits per heavy atom. The van der Waals surface area contributed by atoms with Crippen LogP contribution in [0.15, 0.2) is 83.8 Å². The third-order valence-electron chi connectivity index (χ3n) is 4.61. The molecule has 0 heterocycles. The summed E-state index contributed by atoms with van der Waals surface area (Å²) in [5, 5.41) is 0. The van der Waals surface area contributed by atoms with Gasteiger partial charge in [0, 0.05) is 18.8 Å². The number of rotatable bonds is 8. The molecule has 0 amide bonds. The second-order valence-corrected chi connectivity index (χ2v) is 8.59. The summed E-state index contributed by atoms with van der Waals surface area (Å²) in [5.41, 5.74) is 3.94. The van der Waals surface area contributed by atoms with E-state index in [0.717, 1.165) is 30.8 Å². The van der Waals surface area contributed by atoms with Crippen LogP contribution in [0.3, 0.4) is 0 Å². The zero-order chi connectivity index (χ0) is 20.0. The lowest BCUT2D eigenvalue weighted by Crippen LogP contribution is -2.22. The highest BCUT2D eigenvalue weighted by atomic mass is 32.2. The van der Waals surface area contributed by atoms with Crippen LogP contribution in [0.1, 0.15) is 23.6 Å². The van der Waals surface area contributed by atoms with Crippen molar-refractivity contribution in [3.63, 3.8) is 0 Å². The van der Waals surface area contributed by atoms with Crippen LogP contribution in [0.25, 0.3) is 0 Å². The molecule has 4 nitrogen and oxygen atoms in total. The van der Waals surface area contributed by atoms with Gasteiger partial charge in [0.25, 0.3) is 10.0 Å². The van der Waals surface area contributed by atoms with Gasteiger partial charge in [-0.05, 0) is 48.9 Å². The summed E-state index contributed by atoms with van der Waals surface area (Å²) in [6.07, 6.45) is 0. The Balaban J connectivity index is 1.71. The van der Waals surface area contributed by atoms with Crippen molar-refractivity contribution < 1.29 is 8.42 Å². The summed E-state index contributed by atoms with van der Waals surface area (Å²) in [7, 11) is -3.59. The molecule has 3 rings (SSSR count). The van der Waals surface area contributed by atoms with Gasteiger partial charge < -0.3 is 0 Å². The van der Waals surface area contributed by atoms with E-state index in [9.17, 15) is 8.42 Å². The number of aryl methyl sites for hydroxylation is 1. The first-order valence-electron chi connectivity index (χ1n) is 9.41. The highest BCUT2D eigenvalue weighted by molar-refractivity contribution is 7.92. The summed E-state index contributed by atoms with van der Waals surface area (Å²) in [4.78, 5) is 2.59. The molecule has 0 radical (unpaired) electrons. The van der Waals surface area contributed by atoms with Crippen LogP contribution in [0.2, 0.25) is 0 Å². The zero-order valence-corrected chi connectivity index (χ0v) is 17.1. The molecule has 5 heteroatoms. The zero-order valence-electron chi connectivity index (χ0n) is 16.3. The van der Waals surface area contributed by atoms with Gasteiger partial charge in [0.1, 0.15) is 0 Å². The third kappa shape index (κ3) is 5.44. The molecule has 3 aromatic rings. The SMILES string of the molecule is CCN(Cc1ccccc1)Cc1cccc(NS(=O)(=O)c2ccc(C)cc2)c1. The lowest BCUT2D eigenvalue weighted by atomic mass is 10.1. The average Bonchev–Trinajstić information content (AvgIpc) is 2.68. The summed E-state index contributed by atoms with van der Waals surface area (Å²) in [5.74, 6) is 0. The van der Waals surface area contributed by atoms with Gasteiger partial charge >= 0.3 is 0 Å². The molecular formula is C23H26N2O2S. The van der Waals surface area contributed by atoms with Gasteiger partial charge in [0.05, 0.1) is 4.90 Å². The summed E-state index contributed by atoms with van der Waals surface area (Å²) < 4.78 is 27.9. The van der Waals surface area contributed by atoms with E-state index in [4.69, 9.17) is 0 Å². The normalized spacial score (nSPS) is 11.5. The summed E-state index contributed by atoms with van der Waals surface area (Å²) in [6, 6.07) is 24.8. The predicted octanol–water partition coefficient (Wildman–Crippen LogP) is 4.82. The predicted molar refractivity (Wildman–Crippen MR) is 115 cm³/mol. The molecule has 0 aliphatic rings. The smallest absolute Gasteiger partial charge is 0.261 e. The number of nitrogens with one attached hydrogen (secondary N) is 1. The number of anilines is 1. The number of hydrogen-bond donors (Lipinski definition) is 1. The van der Waals surface area contributed by atoms with Gasteiger partial charge in [-0.25, -0.2) is 8.42 Å². The monoisotopic (exact) mass is 394 g/mol. The molecule has 3 aromatic carbocycles. The highest BCUT2D eigenvalue weighted by Crippen LogP contribution is 2.19. The Bertz CT molecular complexity index is 1000. The van der Waals surface area contributed by atoms with Crippen molar-refractivity contribution >= 4 is 15.7 Å². The Kier molecular flexibility index (Phi) is 6.49. The number of hydrogen-bond acceptors (Lipinski definition) is 3. The van der Waals surface area contributed by atoms with Crippen molar-refractivity contribution in [2.24, 2.45) is 0 Å². The van der Waals surface area contributed by atoms with Gasteiger partial charge in [-0.1, -0.05) is 67.1 Å². The molecule has 0 unspecified atom stereocenters. The molecule has 28 heavy (non-hydrogen) atoms. The van der Waals surface area contributed by atoms with Gasteiger partial charge in [-0.15, -0.1) is 0 Å². The van der Waals surface area contributed by atoms with Crippen molar-refractivity contribution in [3.8, 4) is 0 Å². The first-order chi connectivity index (χ1) is 13.5. The van der Waals surface area contributed by atoms with Gasteiger partial charge in [0.15, 0.2) is 0 Å². The standard InChI is InChI=1S/C23H26N2O2S/c1-3-25(17-20-8-5-4-6-9-20)18-21-10-7-11-22(16-21)24-28(26,27)23-14-12-19(2)13-15-23/h4-16,24H,3,17-18H2,1-2H3. The van der Waals surface area contributed by atoms with Crippen molar-refractivity contribution in [3.05, 3.63) is 95.6 Å². The molecule has 146 valence electrons. The van der Waals surface area contributed by atoms with Gasteiger partial charge in [-0.3, -0.25) is 9.62 Å². The maximum absolute atomic E-state index is 12.6. The Morgan fingerprint density at radius 3 is 2.14 bits per heavy atom. The first kappa shape index (κ1) is 20.1. The lowest BCUT2D eigenvalue weighted by Gasteiger charge is -2.21. The molecule has 0 saturated carbocycles. The fourth-order valence-electron chi connectivity index (χ4n) is 3.04. The third-order valence-corrected chi connectivity index (χ3v) is 6.01. The minimum Gasteiger partial charge on any atom is -0.295 e. The van der Waals surface area contributed by atoms with Crippen LogP contribution >= 0.6 is 0 Å². The molecule has 0 aliphatic carbocycles. The van der Waals surface area contributed by atoms with E-state index in [0.29, 0.717) is 5.69 Å². The first-order valence-corrected chi connectivity index (χ1v) is 10.9. The fraction of sp³-hybridized carbons (Fsp3) is 0.217. The van der Waals surface area contributed by atoms with Crippen molar-refractivity contribution in [2.75, 3.05) is 11.3 Å². The second-order valence-electron chi connectivity index (χ2n) is 6.91. The van der Waals surface area contributed by atoms with Crippen molar-refractivity contribution in [2.45, 2.75) is 31.8 Å². The fourth-order valence-corrected chi connectivity index (χ4v) is 4.09. The van der Waals surface area contributed by atoms with Crippen molar-refractivity contribution in [1.29, 1.82) is 0 Å². The van der Waals surface area contributed by atoms with Crippen LogP contribution in [0.4, 0.5) is 5.69 Å². The molecule has 0 saturated heterocycles. The quantitative estimate of drug-likeness (QED) is 0.596. The molecular weight excluding hydrogens is 368 g/mol. The summed E-state index contributed by atoms with van der Waals surface area (Å²) in [6.45, 7) is 6.59. The van der Waals surface area contributed by atoms with Gasteiger partial charge in [-0.2, -0.15) is 0 Å². The second kappa shape index (κ2) is 9.04. The topological polar surface area (TPSA) is 49.4 Å². The number of benzene rings is 3. The molecule has 0 aromatic heterocycles. The van der Waals surface area contributed by atoms with E-state index >= 15 is 0 Å². The molecule has 0 aliphatic heterocycles.